The quantitative estimate of drug-likeness (QED) is 0.471. The van der Waals surface area contributed by atoms with Crippen molar-refractivity contribution in [3.8, 4) is 11.5 Å². The van der Waals surface area contributed by atoms with E-state index < -0.39 is 6.10 Å². The van der Waals surface area contributed by atoms with Crippen LogP contribution in [0.3, 0.4) is 0 Å². The predicted octanol–water partition coefficient (Wildman–Crippen LogP) is 4.98. The normalized spacial score (nSPS) is 15.2. The van der Waals surface area contributed by atoms with E-state index in [1.165, 1.54) is 16.9 Å². The highest BCUT2D eigenvalue weighted by molar-refractivity contribution is 7.22. The molecule has 2 heterocycles. The third-order valence-corrected chi connectivity index (χ3v) is 6.04. The van der Waals surface area contributed by atoms with E-state index in [2.05, 4.69) is 13.0 Å². The minimum absolute atomic E-state index is 0.163. The molecule has 0 fully saturated rings. The fourth-order valence-electron chi connectivity index (χ4n) is 3.46. The zero-order valence-electron chi connectivity index (χ0n) is 16.4. The number of benzene rings is 3. The number of ether oxygens (including phenoxy) is 2. The molecule has 0 unspecified atom stereocenters. The molecule has 1 aromatic heterocycles. The number of carbonyl (C=O) groups excluding carboxylic acids is 1. The van der Waals surface area contributed by atoms with Gasteiger partial charge in [0, 0.05) is 0 Å². The Bertz CT molecular complexity index is 1210. The molecule has 0 N–H and O–H groups in total. The summed E-state index contributed by atoms with van der Waals surface area (Å²) in [5.41, 5.74) is 3.08. The van der Waals surface area contributed by atoms with Gasteiger partial charge in [-0.1, -0.05) is 59.9 Å². The Morgan fingerprint density at radius 3 is 2.67 bits per heavy atom. The van der Waals surface area contributed by atoms with Crippen molar-refractivity contribution in [3.63, 3.8) is 0 Å². The van der Waals surface area contributed by atoms with Gasteiger partial charge in [0.25, 0.3) is 5.91 Å². The molecule has 0 saturated carbocycles. The van der Waals surface area contributed by atoms with Crippen molar-refractivity contribution < 1.29 is 14.3 Å². The smallest absolute Gasteiger partial charge is 0.273 e. The number of hydrogen-bond donors (Lipinski definition) is 0. The van der Waals surface area contributed by atoms with Crippen molar-refractivity contribution in [2.45, 2.75) is 19.6 Å². The van der Waals surface area contributed by atoms with E-state index in [-0.39, 0.29) is 12.5 Å². The molecule has 0 bridgehead atoms. The van der Waals surface area contributed by atoms with Crippen LogP contribution in [0.2, 0.25) is 0 Å². The van der Waals surface area contributed by atoms with Gasteiger partial charge in [0.15, 0.2) is 16.6 Å². The van der Waals surface area contributed by atoms with Crippen LogP contribution in [0, 0.1) is 6.92 Å². The average molecular weight is 417 g/mol. The van der Waals surface area contributed by atoms with Gasteiger partial charge >= 0.3 is 0 Å². The number of thiazole rings is 1. The largest absolute Gasteiger partial charge is 0.485 e. The molecular weight excluding hydrogens is 396 g/mol. The summed E-state index contributed by atoms with van der Waals surface area (Å²) in [6.07, 6.45) is -0.725. The second-order valence-electron chi connectivity index (χ2n) is 7.24. The lowest BCUT2D eigenvalue weighted by molar-refractivity contribution is -0.127. The Hall–Kier alpha value is -3.38. The van der Waals surface area contributed by atoms with Gasteiger partial charge in [0.05, 0.1) is 16.8 Å². The molecule has 5 nitrogen and oxygen atoms in total. The lowest BCUT2D eigenvalue weighted by Crippen LogP contribution is -2.46. The highest BCUT2D eigenvalue weighted by Gasteiger charge is 2.33. The van der Waals surface area contributed by atoms with Crippen LogP contribution in [0.1, 0.15) is 11.1 Å². The lowest BCUT2D eigenvalue weighted by Gasteiger charge is -2.29. The second-order valence-corrected chi connectivity index (χ2v) is 8.25. The van der Waals surface area contributed by atoms with Gasteiger partial charge in [-0.2, -0.15) is 0 Å². The monoisotopic (exact) mass is 416 g/mol. The number of hydrogen-bond acceptors (Lipinski definition) is 5. The van der Waals surface area contributed by atoms with Gasteiger partial charge in [-0.25, -0.2) is 4.98 Å². The molecule has 5 rings (SSSR count). The summed E-state index contributed by atoms with van der Waals surface area (Å²) in [5, 5.41) is 0.659. The highest BCUT2D eigenvalue weighted by Crippen LogP contribution is 2.34. The van der Waals surface area contributed by atoms with E-state index in [9.17, 15) is 4.79 Å². The van der Waals surface area contributed by atoms with Gasteiger partial charge in [-0.15, -0.1) is 0 Å². The molecule has 1 aliphatic rings. The topological polar surface area (TPSA) is 51.7 Å². The zero-order chi connectivity index (χ0) is 20.5. The maximum absolute atomic E-state index is 13.5. The van der Waals surface area contributed by atoms with Gasteiger partial charge in [-0.05, 0) is 42.3 Å². The Morgan fingerprint density at radius 1 is 1.07 bits per heavy atom. The van der Waals surface area contributed by atoms with Crippen LogP contribution in [-0.2, 0) is 11.3 Å². The summed E-state index contributed by atoms with van der Waals surface area (Å²) in [6.45, 7) is 2.64. The van der Waals surface area contributed by atoms with Gasteiger partial charge in [0.1, 0.15) is 6.61 Å². The molecule has 6 heteroatoms. The van der Waals surface area contributed by atoms with Gasteiger partial charge in [0.2, 0.25) is 6.10 Å². The number of anilines is 1. The number of amides is 1. The van der Waals surface area contributed by atoms with Crippen LogP contribution >= 0.6 is 11.3 Å². The van der Waals surface area contributed by atoms with Crippen LogP contribution < -0.4 is 14.4 Å². The number of aryl methyl sites for hydroxylation is 1. The van der Waals surface area contributed by atoms with E-state index >= 15 is 0 Å². The molecule has 1 aliphatic heterocycles. The number of fused-ring (bicyclic) bond motifs is 2. The molecule has 1 atom stereocenters. The molecule has 4 aromatic rings. The van der Waals surface area contributed by atoms with Crippen LogP contribution in [-0.4, -0.2) is 23.6 Å². The molecule has 0 saturated heterocycles. The van der Waals surface area contributed by atoms with Gasteiger partial charge < -0.3 is 9.47 Å². The highest BCUT2D eigenvalue weighted by atomic mass is 32.1. The summed E-state index contributed by atoms with van der Waals surface area (Å²) in [6, 6.07) is 23.4. The summed E-state index contributed by atoms with van der Waals surface area (Å²) >= 11 is 1.51. The molecule has 3 aromatic carbocycles. The third kappa shape index (κ3) is 3.62. The molecule has 30 heavy (non-hydrogen) atoms. The Balaban J connectivity index is 1.49. The summed E-state index contributed by atoms with van der Waals surface area (Å²) in [5.74, 6) is 1.08. The van der Waals surface area contributed by atoms with Crippen LogP contribution in [0.25, 0.3) is 10.2 Å². The molecule has 150 valence electrons. The van der Waals surface area contributed by atoms with E-state index in [1.807, 2.05) is 66.7 Å². The zero-order valence-corrected chi connectivity index (χ0v) is 17.3. The van der Waals surface area contributed by atoms with E-state index in [4.69, 9.17) is 14.5 Å². The first-order chi connectivity index (χ1) is 14.7. The van der Waals surface area contributed by atoms with Crippen molar-refractivity contribution in [1.82, 2.24) is 4.98 Å². The minimum Gasteiger partial charge on any atom is -0.485 e. The van der Waals surface area contributed by atoms with Crippen molar-refractivity contribution in [1.29, 1.82) is 0 Å². The molecule has 0 aliphatic carbocycles. The maximum Gasteiger partial charge on any atom is 0.273 e. The first-order valence-corrected chi connectivity index (χ1v) is 10.6. The minimum atomic E-state index is -0.725. The number of aromatic nitrogens is 1. The SMILES string of the molecule is Cc1ccc2nc(N(Cc3ccccc3)C(=O)[C@H]3COc4ccccc4O3)sc2c1. The van der Waals surface area contributed by atoms with Crippen LogP contribution in [0.5, 0.6) is 11.5 Å². The Kier molecular flexibility index (Phi) is 4.85. The molecule has 0 spiro atoms. The van der Waals surface area contributed by atoms with E-state index in [0.717, 1.165) is 15.8 Å². The van der Waals surface area contributed by atoms with Crippen molar-refractivity contribution in [2.24, 2.45) is 0 Å². The average Bonchev–Trinajstić information content (AvgIpc) is 3.20. The second kappa shape index (κ2) is 7.80. The maximum atomic E-state index is 13.5. The molecule has 1 amide bonds. The van der Waals surface area contributed by atoms with Crippen LogP contribution in [0.4, 0.5) is 5.13 Å². The fraction of sp³-hybridized carbons (Fsp3) is 0.167. The first kappa shape index (κ1) is 18.6. The lowest BCUT2D eigenvalue weighted by atomic mass is 10.2. The standard InChI is InChI=1S/C24H20N2O3S/c1-16-11-12-18-22(13-16)30-24(25-18)26(14-17-7-3-2-4-8-17)23(27)21-15-28-19-9-5-6-10-20(19)29-21/h2-13,21H,14-15H2,1H3/t21-/m1/s1. The Morgan fingerprint density at radius 2 is 1.83 bits per heavy atom. The number of carbonyl (C=O) groups is 1. The summed E-state index contributed by atoms with van der Waals surface area (Å²) in [4.78, 5) is 20.0. The van der Waals surface area contributed by atoms with Crippen LogP contribution in [0.15, 0.2) is 72.8 Å². The fourth-order valence-corrected chi connectivity index (χ4v) is 4.52. The van der Waals surface area contributed by atoms with Gasteiger partial charge in [-0.3, -0.25) is 9.69 Å². The number of nitrogens with zero attached hydrogens (tertiary/aromatic N) is 2. The van der Waals surface area contributed by atoms with E-state index in [1.54, 1.807) is 4.90 Å². The predicted molar refractivity (Wildman–Crippen MR) is 118 cm³/mol. The number of rotatable bonds is 4. The van der Waals surface area contributed by atoms with Crippen molar-refractivity contribution >= 4 is 32.6 Å². The Labute approximate surface area is 178 Å². The summed E-state index contributed by atoms with van der Waals surface area (Å²) < 4.78 is 12.8. The molecular formula is C24H20N2O3S. The first-order valence-electron chi connectivity index (χ1n) is 9.78. The van der Waals surface area contributed by atoms with Crippen molar-refractivity contribution in [2.75, 3.05) is 11.5 Å². The van der Waals surface area contributed by atoms with E-state index in [0.29, 0.717) is 23.2 Å². The van der Waals surface area contributed by atoms with Crippen molar-refractivity contribution in [3.05, 3.63) is 83.9 Å². The third-order valence-electron chi connectivity index (χ3n) is 5.00. The molecule has 0 radical (unpaired) electrons. The number of para-hydroxylation sites is 2. The summed E-state index contributed by atoms with van der Waals surface area (Å²) in [7, 11) is 0.